The average molecular weight is 314 g/mol. The summed E-state index contributed by atoms with van der Waals surface area (Å²) in [5, 5.41) is 2.65. The summed E-state index contributed by atoms with van der Waals surface area (Å²) in [6.07, 6.45) is 0.680. The van der Waals surface area contributed by atoms with E-state index in [1.54, 1.807) is 19.2 Å². The molecule has 21 heavy (non-hydrogen) atoms. The van der Waals surface area contributed by atoms with Crippen molar-refractivity contribution < 1.29 is 17.9 Å². The maximum Gasteiger partial charge on any atom is 0.241 e. The molecule has 118 valence electrons. The van der Waals surface area contributed by atoms with Crippen LogP contribution in [0.15, 0.2) is 29.2 Å². The van der Waals surface area contributed by atoms with Gasteiger partial charge in [0, 0.05) is 20.3 Å². The molecule has 0 radical (unpaired) electrons. The van der Waals surface area contributed by atoms with Gasteiger partial charge in [-0.25, -0.2) is 8.42 Å². The number of ether oxygens (including phenoxy) is 1. The number of nitrogens with one attached hydrogen (secondary N) is 2. The number of carbonyl (C=O) groups is 1. The van der Waals surface area contributed by atoms with Gasteiger partial charge in [-0.15, -0.1) is 0 Å². The van der Waals surface area contributed by atoms with Gasteiger partial charge in [0.15, 0.2) is 0 Å². The van der Waals surface area contributed by atoms with E-state index >= 15 is 0 Å². The molecule has 0 heterocycles. The van der Waals surface area contributed by atoms with E-state index in [1.165, 1.54) is 19.1 Å². The number of rotatable bonds is 8. The molecule has 0 aliphatic rings. The Morgan fingerprint density at radius 1 is 1.29 bits per heavy atom. The molecule has 1 rings (SSSR count). The van der Waals surface area contributed by atoms with Crippen LogP contribution in [0.5, 0.6) is 0 Å². The Morgan fingerprint density at radius 2 is 1.90 bits per heavy atom. The van der Waals surface area contributed by atoms with Crippen molar-refractivity contribution in [3.63, 3.8) is 0 Å². The molecule has 1 aromatic rings. The molecule has 2 N–H and O–H groups in total. The normalized spacial score (nSPS) is 12.9. The first-order valence-corrected chi connectivity index (χ1v) is 8.21. The number of methoxy groups -OCH3 is 1. The van der Waals surface area contributed by atoms with Crippen LogP contribution in [0.25, 0.3) is 0 Å². The van der Waals surface area contributed by atoms with Crippen LogP contribution in [0.3, 0.4) is 0 Å². The smallest absolute Gasteiger partial charge is 0.241 e. The number of aryl methyl sites for hydroxylation is 1. The van der Waals surface area contributed by atoms with Gasteiger partial charge in [-0.05, 0) is 32.4 Å². The summed E-state index contributed by atoms with van der Waals surface area (Å²) in [7, 11) is -2.11. The quantitative estimate of drug-likeness (QED) is 0.696. The molecule has 0 aromatic heterocycles. The van der Waals surface area contributed by atoms with E-state index in [1.807, 2.05) is 6.92 Å². The fraction of sp³-hybridized carbons (Fsp3) is 0.500. The van der Waals surface area contributed by atoms with Crippen molar-refractivity contribution in [3.8, 4) is 0 Å². The van der Waals surface area contributed by atoms with Crippen molar-refractivity contribution in [2.45, 2.75) is 31.2 Å². The zero-order valence-corrected chi connectivity index (χ0v) is 13.4. The van der Waals surface area contributed by atoms with Gasteiger partial charge in [-0.1, -0.05) is 17.7 Å². The third-order valence-corrected chi connectivity index (χ3v) is 4.44. The second-order valence-corrected chi connectivity index (χ2v) is 6.51. The zero-order valence-electron chi connectivity index (χ0n) is 12.5. The summed E-state index contributed by atoms with van der Waals surface area (Å²) in [5.41, 5.74) is 0.970. The molecular formula is C14H22N2O4S. The standard InChI is InChI=1S/C14H22N2O4S/c1-11-5-7-13(8-6-11)21(18,19)16-12(2)14(17)15-9-4-10-20-3/h5-8,12,16H,4,9-10H2,1-3H3,(H,15,17)/t12-/m1/s1. The molecule has 1 aromatic carbocycles. The summed E-state index contributed by atoms with van der Waals surface area (Å²) in [6.45, 7) is 4.38. The van der Waals surface area contributed by atoms with Gasteiger partial charge in [-0.2, -0.15) is 4.72 Å². The molecule has 7 heteroatoms. The Labute approximate surface area is 125 Å². The minimum atomic E-state index is -3.69. The fourth-order valence-corrected chi connectivity index (χ4v) is 2.86. The summed E-state index contributed by atoms with van der Waals surface area (Å²) in [4.78, 5) is 11.9. The first-order valence-electron chi connectivity index (χ1n) is 6.72. The molecule has 0 saturated heterocycles. The fourth-order valence-electron chi connectivity index (χ4n) is 1.65. The van der Waals surface area contributed by atoms with Crippen molar-refractivity contribution in [2.75, 3.05) is 20.3 Å². The van der Waals surface area contributed by atoms with Gasteiger partial charge in [0.25, 0.3) is 0 Å². The lowest BCUT2D eigenvalue weighted by Crippen LogP contribution is -2.45. The van der Waals surface area contributed by atoms with Gasteiger partial charge in [0.1, 0.15) is 0 Å². The van der Waals surface area contributed by atoms with E-state index in [2.05, 4.69) is 10.0 Å². The minimum absolute atomic E-state index is 0.145. The Hall–Kier alpha value is -1.44. The average Bonchev–Trinajstić information content (AvgIpc) is 2.43. The molecule has 0 bridgehead atoms. The van der Waals surface area contributed by atoms with Crippen molar-refractivity contribution in [2.24, 2.45) is 0 Å². The number of hydrogen-bond donors (Lipinski definition) is 2. The summed E-state index contributed by atoms with van der Waals surface area (Å²) in [5.74, 6) is -0.359. The van der Waals surface area contributed by atoms with E-state index in [0.717, 1.165) is 5.56 Å². The van der Waals surface area contributed by atoms with Gasteiger partial charge in [0.2, 0.25) is 15.9 Å². The highest BCUT2D eigenvalue weighted by molar-refractivity contribution is 7.89. The van der Waals surface area contributed by atoms with Crippen LogP contribution >= 0.6 is 0 Å². The van der Waals surface area contributed by atoms with Crippen molar-refractivity contribution in [3.05, 3.63) is 29.8 Å². The number of amides is 1. The first kappa shape index (κ1) is 17.6. The van der Waals surface area contributed by atoms with E-state index < -0.39 is 16.1 Å². The van der Waals surface area contributed by atoms with E-state index in [4.69, 9.17) is 4.74 Å². The maximum absolute atomic E-state index is 12.1. The monoisotopic (exact) mass is 314 g/mol. The van der Waals surface area contributed by atoms with Crippen molar-refractivity contribution in [1.29, 1.82) is 0 Å². The maximum atomic E-state index is 12.1. The lowest BCUT2D eigenvalue weighted by atomic mass is 10.2. The highest BCUT2D eigenvalue weighted by Gasteiger charge is 2.21. The molecule has 1 amide bonds. The first-order chi connectivity index (χ1) is 9.86. The van der Waals surface area contributed by atoms with Gasteiger partial charge >= 0.3 is 0 Å². The number of benzene rings is 1. The topological polar surface area (TPSA) is 84.5 Å². The number of carbonyl (C=O) groups excluding carboxylic acids is 1. The van der Waals surface area contributed by atoms with Crippen LogP contribution < -0.4 is 10.0 Å². The van der Waals surface area contributed by atoms with Crippen molar-refractivity contribution in [1.82, 2.24) is 10.0 Å². The molecule has 0 saturated carbocycles. The van der Waals surface area contributed by atoms with E-state index in [0.29, 0.717) is 19.6 Å². The number of hydrogen-bond acceptors (Lipinski definition) is 4. The van der Waals surface area contributed by atoms with Gasteiger partial charge < -0.3 is 10.1 Å². The van der Waals surface area contributed by atoms with Gasteiger partial charge in [0.05, 0.1) is 10.9 Å². The minimum Gasteiger partial charge on any atom is -0.385 e. The lowest BCUT2D eigenvalue weighted by Gasteiger charge is -2.14. The Kier molecular flexibility index (Phi) is 6.80. The lowest BCUT2D eigenvalue weighted by molar-refractivity contribution is -0.122. The predicted octanol–water partition coefficient (Wildman–Crippen LogP) is 0.815. The van der Waals surface area contributed by atoms with Gasteiger partial charge in [-0.3, -0.25) is 4.79 Å². The predicted molar refractivity (Wildman–Crippen MR) is 80.5 cm³/mol. The summed E-state index contributed by atoms with van der Waals surface area (Å²) in [6, 6.07) is 5.62. The van der Waals surface area contributed by atoms with Crippen LogP contribution in [-0.4, -0.2) is 40.6 Å². The SMILES string of the molecule is COCCCNC(=O)[C@@H](C)NS(=O)(=O)c1ccc(C)cc1. The molecule has 0 fully saturated rings. The van der Waals surface area contributed by atoms with Crippen LogP contribution in [0.4, 0.5) is 0 Å². The van der Waals surface area contributed by atoms with Crippen molar-refractivity contribution >= 4 is 15.9 Å². The van der Waals surface area contributed by atoms with E-state index in [9.17, 15) is 13.2 Å². The van der Waals surface area contributed by atoms with Crippen LogP contribution in [0, 0.1) is 6.92 Å². The highest BCUT2D eigenvalue weighted by Crippen LogP contribution is 2.10. The Balaban J connectivity index is 2.58. The summed E-state index contributed by atoms with van der Waals surface area (Å²) >= 11 is 0. The molecule has 1 atom stereocenters. The summed E-state index contributed by atoms with van der Waals surface area (Å²) < 4.78 is 31.5. The second-order valence-electron chi connectivity index (χ2n) is 4.79. The molecule has 6 nitrogen and oxygen atoms in total. The molecule has 0 unspecified atom stereocenters. The molecular weight excluding hydrogens is 292 g/mol. The third-order valence-electron chi connectivity index (χ3n) is 2.88. The third kappa shape index (κ3) is 5.82. The van der Waals surface area contributed by atoms with Crippen LogP contribution in [-0.2, 0) is 19.6 Å². The number of sulfonamides is 1. The van der Waals surface area contributed by atoms with Crippen LogP contribution in [0.1, 0.15) is 18.9 Å². The van der Waals surface area contributed by atoms with E-state index in [-0.39, 0.29) is 10.8 Å². The highest BCUT2D eigenvalue weighted by atomic mass is 32.2. The molecule has 0 spiro atoms. The van der Waals surface area contributed by atoms with Crippen LogP contribution in [0.2, 0.25) is 0 Å². The Bertz CT molecular complexity index is 555. The largest absolute Gasteiger partial charge is 0.385 e. The zero-order chi connectivity index (χ0) is 15.9. The Morgan fingerprint density at radius 3 is 2.48 bits per heavy atom. The molecule has 0 aliphatic carbocycles. The molecule has 0 aliphatic heterocycles. The second kappa shape index (κ2) is 8.11.